The van der Waals surface area contributed by atoms with Gasteiger partial charge in [0.05, 0.1) is 18.9 Å². The Balaban J connectivity index is 2.32. The summed E-state index contributed by atoms with van der Waals surface area (Å²) in [7, 11) is 1.73. The molecule has 0 bridgehead atoms. The van der Waals surface area contributed by atoms with Gasteiger partial charge in [-0.1, -0.05) is 0 Å². The highest BCUT2D eigenvalue weighted by molar-refractivity contribution is 5.79. The van der Waals surface area contributed by atoms with Gasteiger partial charge in [-0.05, 0) is 13.5 Å². The highest BCUT2D eigenvalue weighted by Gasteiger charge is 2.19. The number of hydrogen-bond acceptors (Lipinski definition) is 4. The van der Waals surface area contributed by atoms with Gasteiger partial charge in [-0.15, -0.1) is 0 Å². The van der Waals surface area contributed by atoms with E-state index in [9.17, 15) is 4.79 Å². The predicted octanol–water partition coefficient (Wildman–Crippen LogP) is -1.55. The smallest absolute Gasteiger partial charge is 0.234 e. The fraction of sp³-hybridized carbons (Fsp3) is 0.714. The van der Waals surface area contributed by atoms with Gasteiger partial charge in [0.15, 0.2) is 0 Å². The average molecular weight is 170 g/mol. The van der Waals surface area contributed by atoms with Gasteiger partial charge in [-0.25, -0.2) is 0 Å². The van der Waals surface area contributed by atoms with Gasteiger partial charge in [-0.2, -0.15) is 0 Å². The summed E-state index contributed by atoms with van der Waals surface area (Å²) in [4.78, 5) is 14.8. The van der Waals surface area contributed by atoms with Crippen LogP contribution >= 0.6 is 0 Å². The maximum Gasteiger partial charge on any atom is 0.234 e. The normalized spacial score (nSPS) is 23.6. The molecular weight excluding hydrogens is 156 g/mol. The number of nitrogens with one attached hydrogen (secondary N) is 2. The molecule has 0 fully saturated rings. The molecule has 0 aromatic heterocycles. The molecule has 0 saturated carbocycles. The van der Waals surface area contributed by atoms with E-state index in [1.54, 1.807) is 13.4 Å². The van der Waals surface area contributed by atoms with Crippen molar-refractivity contribution < 1.29 is 4.79 Å². The van der Waals surface area contributed by atoms with Crippen LogP contribution in [-0.2, 0) is 4.79 Å². The zero-order valence-corrected chi connectivity index (χ0v) is 7.08. The molecule has 0 aromatic rings. The highest BCUT2D eigenvalue weighted by Crippen LogP contribution is 2.01. The average Bonchev–Trinajstić information content (AvgIpc) is 2.51. The van der Waals surface area contributed by atoms with E-state index in [2.05, 4.69) is 15.6 Å². The van der Waals surface area contributed by atoms with Crippen LogP contribution in [0.25, 0.3) is 0 Å². The van der Waals surface area contributed by atoms with Crippen LogP contribution < -0.4 is 16.4 Å². The van der Waals surface area contributed by atoms with Crippen molar-refractivity contribution in [3.63, 3.8) is 0 Å². The van der Waals surface area contributed by atoms with E-state index in [-0.39, 0.29) is 18.0 Å². The zero-order valence-electron chi connectivity index (χ0n) is 7.08. The van der Waals surface area contributed by atoms with Crippen molar-refractivity contribution in [2.45, 2.75) is 18.5 Å². The van der Waals surface area contributed by atoms with Crippen LogP contribution in [0.3, 0.4) is 0 Å². The summed E-state index contributed by atoms with van der Waals surface area (Å²) in [6, 6.07) is -0.0147. The van der Waals surface area contributed by atoms with Gasteiger partial charge in [0, 0.05) is 6.04 Å². The summed E-state index contributed by atoms with van der Waals surface area (Å²) in [5, 5.41) is 5.90. The van der Waals surface area contributed by atoms with Gasteiger partial charge in [0.2, 0.25) is 5.91 Å². The number of aliphatic imine (C=N–C) groups is 1. The molecule has 1 aliphatic rings. The summed E-state index contributed by atoms with van der Waals surface area (Å²) in [5.41, 5.74) is 5.16. The van der Waals surface area contributed by atoms with Crippen LogP contribution in [-0.4, -0.2) is 37.9 Å². The van der Waals surface area contributed by atoms with Crippen molar-refractivity contribution in [3.8, 4) is 0 Å². The first-order chi connectivity index (χ1) is 5.74. The van der Waals surface area contributed by atoms with Gasteiger partial charge in [-0.3, -0.25) is 9.79 Å². The number of rotatable bonds is 4. The minimum atomic E-state index is -0.314. The quantitative estimate of drug-likeness (QED) is 0.478. The van der Waals surface area contributed by atoms with Crippen molar-refractivity contribution in [3.05, 3.63) is 0 Å². The number of likely N-dealkylation sites (N-methyl/N-ethyl adjacent to an activating group) is 1. The van der Waals surface area contributed by atoms with Crippen LogP contribution in [0.4, 0.5) is 0 Å². The minimum absolute atomic E-state index is 0.245. The number of amides is 1. The van der Waals surface area contributed by atoms with Crippen LogP contribution in [0, 0.1) is 0 Å². The first-order valence-electron chi connectivity index (χ1n) is 3.95. The Hall–Kier alpha value is -1.10. The second kappa shape index (κ2) is 4.06. The zero-order chi connectivity index (χ0) is 8.97. The lowest BCUT2D eigenvalue weighted by Crippen LogP contribution is -2.44. The summed E-state index contributed by atoms with van der Waals surface area (Å²) in [6.45, 7) is 0.728. The number of hydrogen-bond donors (Lipinski definition) is 3. The molecule has 12 heavy (non-hydrogen) atoms. The largest absolute Gasteiger partial charge is 0.372 e. The fourth-order valence-electron chi connectivity index (χ4n) is 1.19. The maximum absolute atomic E-state index is 10.8. The van der Waals surface area contributed by atoms with Crippen LogP contribution in [0.15, 0.2) is 4.99 Å². The third kappa shape index (κ3) is 2.20. The lowest BCUT2D eigenvalue weighted by molar-refractivity contribution is -0.120. The minimum Gasteiger partial charge on any atom is -0.372 e. The molecule has 0 aromatic carbocycles. The third-order valence-corrected chi connectivity index (χ3v) is 1.94. The third-order valence-electron chi connectivity index (χ3n) is 1.94. The van der Waals surface area contributed by atoms with E-state index in [0.29, 0.717) is 6.42 Å². The Kier molecular flexibility index (Phi) is 3.04. The monoisotopic (exact) mass is 170 g/mol. The Bertz CT molecular complexity index is 184. The Morgan fingerprint density at radius 2 is 2.75 bits per heavy atom. The van der Waals surface area contributed by atoms with Gasteiger partial charge in [0.25, 0.3) is 0 Å². The fourth-order valence-corrected chi connectivity index (χ4v) is 1.19. The lowest BCUT2D eigenvalue weighted by atomic mass is 10.1. The van der Waals surface area contributed by atoms with Crippen LogP contribution in [0.1, 0.15) is 6.42 Å². The van der Waals surface area contributed by atoms with E-state index < -0.39 is 0 Å². The molecular formula is C7H14N4O. The molecule has 2 unspecified atom stereocenters. The van der Waals surface area contributed by atoms with E-state index in [4.69, 9.17) is 5.73 Å². The number of nitrogens with zero attached hydrogens (tertiary/aromatic N) is 1. The number of primary amides is 1. The standard InChI is InChI=1S/C7H14N4O/c1-9-6(7(8)12)2-5-3-10-4-11-5/h4-6,9H,2-3H2,1H3,(H2,8,12)(H,10,11). The first-order valence-corrected chi connectivity index (χ1v) is 3.95. The van der Waals surface area contributed by atoms with Gasteiger partial charge in [0.1, 0.15) is 0 Å². The molecule has 1 amide bonds. The molecule has 5 nitrogen and oxygen atoms in total. The summed E-state index contributed by atoms with van der Waals surface area (Å²) in [5.74, 6) is -0.314. The molecule has 1 aliphatic heterocycles. The number of carbonyl (C=O) groups excluding carboxylic acids is 1. The van der Waals surface area contributed by atoms with Crippen molar-refractivity contribution in [2.75, 3.05) is 13.6 Å². The first kappa shape index (κ1) is 8.99. The van der Waals surface area contributed by atoms with Crippen molar-refractivity contribution in [1.29, 1.82) is 0 Å². The summed E-state index contributed by atoms with van der Waals surface area (Å²) < 4.78 is 0. The molecule has 0 aliphatic carbocycles. The van der Waals surface area contributed by atoms with Crippen molar-refractivity contribution in [1.82, 2.24) is 10.6 Å². The van der Waals surface area contributed by atoms with Crippen LogP contribution in [0.2, 0.25) is 0 Å². The number of carbonyl (C=O) groups is 1. The maximum atomic E-state index is 10.8. The predicted molar refractivity (Wildman–Crippen MR) is 46.9 cm³/mol. The molecule has 0 spiro atoms. The lowest BCUT2D eigenvalue weighted by Gasteiger charge is -2.16. The molecule has 68 valence electrons. The van der Waals surface area contributed by atoms with E-state index in [1.165, 1.54) is 0 Å². The Morgan fingerprint density at radius 3 is 3.17 bits per heavy atom. The van der Waals surface area contributed by atoms with E-state index in [0.717, 1.165) is 6.54 Å². The van der Waals surface area contributed by atoms with Gasteiger partial charge < -0.3 is 16.4 Å². The van der Waals surface area contributed by atoms with E-state index >= 15 is 0 Å². The van der Waals surface area contributed by atoms with E-state index in [1.807, 2.05) is 0 Å². The van der Waals surface area contributed by atoms with Gasteiger partial charge >= 0.3 is 0 Å². The van der Waals surface area contributed by atoms with Crippen molar-refractivity contribution >= 4 is 12.2 Å². The van der Waals surface area contributed by atoms with Crippen molar-refractivity contribution in [2.24, 2.45) is 10.7 Å². The second-order valence-corrected chi connectivity index (χ2v) is 2.84. The SMILES string of the molecule is CNC(CC1CN=CN1)C(N)=O. The second-order valence-electron chi connectivity index (χ2n) is 2.84. The molecule has 2 atom stereocenters. The molecule has 5 heteroatoms. The number of nitrogens with two attached hydrogens (primary N) is 1. The molecule has 4 N–H and O–H groups in total. The molecule has 1 heterocycles. The molecule has 1 rings (SSSR count). The Morgan fingerprint density at radius 1 is 2.00 bits per heavy atom. The highest BCUT2D eigenvalue weighted by atomic mass is 16.1. The molecule has 0 radical (unpaired) electrons. The molecule has 0 saturated heterocycles. The van der Waals surface area contributed by atoms with Crippen LogP contribution in [0.5, 0.6) is 0 Å². The topological polar surface area (TPSA) is 79.5 Å². The summed E-state index contributed by atoms with van der Waals surface area (Å²) in [6.07, 6.45) is 2.35. The Labute approximate surface area is 71.4 Å². The summed E-state index contributed by atoms with van der Waals surface area (Å²) >= 11 is 0.